The van der Waals surface area contributed by atoms with Gasteiger partial charge in [0.2, 0.25) is 0 Å². The predicted molar refractivity (Wildman–Crippen MR) is 67.0 cm³/mol. The van der Waals surface area contributed by atoms with E-state index in [1.807, 2.05) is 0 Å². The van der Waals surface area contributed by atoms with Crippen molar-refractivity contribution in [2.24, 2.45) is 0 Å². The van der Waals surface area contributed by atoms with Crippen LogP contribution in [0.4, 0.5) is 0 Å². The van der Waals surface area contributed by atoms with Gasteiger partial charge in [-0.1, -0.05) is 38.1 Å². The third kappa shape index (κ3) is 4.04. The highest BCUT2D eigenvalue weighted by molar-refractivity contribution is 5.22. The van der Waals surface area contributed by atoms with E-state index in [9.17, 15) is 0 Å². The van der Waals surface area contributed by atoms with Crippen LogP contribution in [0.2, 0.25) is 0 Å². The fourth-order valence-electron chi connectivity index (χ4n) is 1.77. The van der Waals surface area contributed by atoms with Crippen LogP contribution in [0, 0.1) is 11.3 Å². The van der Waals surface area contributed by atoms with Crippen molar-refractivity contribution in [2.75, 3.05) is 13.1 Å². The van der Waals surface area contributed by atoms with Gasteiger partial charge in [-0.25, -0.2) is 0 Å². The zero-order valence-electron chi connectivity index (χ0n) is 10.2. The molecule has 0 N–H and O–H groups in total. The number of benzene rings is 1. The number of hydrogen-bond acceptors (Lipinski definition) is 2. The summed E-state index contributed by atoms with van der Waals surface area (Å²) >= 11 is 0. The number of hydrogen-bond donors (Lipinski definition) is 0. The molecule has 0 heterocycles. The Morgan fingerprint density at radius 3 is 2.25 bits per heavy atom. The molecule has 0 amide bonds. The van der Waals surface area contributed by atoms with Gasteiger partial charge in [-0.05, 0) is 30.5 Å². The SMILES string of the molecule is CCCN(CC#N)Cc1ccc(CC)cc1. The van der Waals surface area contributed by atoms with E-state index in [-0.39, 0.29) is 0 Å². The molecule has 0 spiro atoms. The van der Waals surface area contributed by atoms with Gasteiger partial charge in [-0.15, -0.1) is 0 Å². The van der Waals surface area contributed by atoms with Crippen LogP contribution in [0.3, 0.4) is 0 Å². The summed E-state index contributed by atoms with van der Waals surface area (Å²) < 4.78 is 0. The summed E-state index contributed by atoms with van der Waals surface area (Å²) in [5.41, 5.74) is 2.66. The highest BCUT2D eigenvalue weighted by Crippen LogP contribution is 2.08. The van der Waals surface area contributed by atoms with Gasteiger partial charge < -0.3 is 0 Å². The number of aryl methyl sites for hydroxylation is 1. The summed E-state index contributed by atoms with van der Waals surface area (Å²) in [6.45, 7) is 6.69. The monoisotopic (exact) mass is 216 g/mol. The minimum absolute atomic E-state index is 0.517. The largest absolute Gasteiger partial charge is 0.286 e. The molecule has 0 saturated carbocycles. The van der Waals surface area contributed by atoms with Gasteiger partial charge >= 0.3 is 0 Å². The fraction of sp³-hybridized carbons (Fsp3) is 0.500. The second-order valence-electron chi connectivity index (χ2n) is 4.04. The van der Waals surface area contributed by atoms with E-state index in [0.29, 0.717) is 6.54 Å². The molecule has 0 atom stereocenters. The van der Waals surface area contributed by atoms with Crippen LogP contribution in [0.5, 0.6) is 0 Å². The minimum Gasteiger partial charge on any atom is -0.286 e. The average Bonchev–Trinajstić information content (AvgIpc) is 2.31. The third-order valence-corrected chi connectivity index (χ3v) is 2.67. The summed E-state index contributed by atoms with van der Waals surface area (Å²) in [5.74, 6) is 0. The Labute approximate surface area is 98.5 Å². The summed E-state index contributed by atoms with van der Waals surface area (Å²) in [4.78, 5) is 2.18. The minimum atomic E-state index is 0.517. The van der Waals surface area contributed by atoms with Crippen molar-refractivity contribution in [2.45, 2.75) is 33.2 Å². The molecule has 2 nitrogen and oxygen atoms in total. The number of nitrogens with zero attached hydrogens (tertiary/aromatic N) is 2. The van der Waals surface area contributed by atoms with Crippen molar-refractivity contribution in [1.29, 1.82) is 5.26 Å². The lowest BCUT2D eigenvalue weighted by Crippen LogP contribution is -2.24. The van der Waals surface area contributed by atoms with Gasteiger partial charge in [0.15, 0.2) is 0 Å². The first kappa shape index (κ1) is 12.7. The van der Waals surface area contributed by atoms with Crippen molar-refractivity contribution in [3.05, 3.63) is 35.4 Å². The van der Waals surface area contributed by atoms with E-state index in [2.05, 4.69) is 49.1 Å². The number of nitriles is 1. The maximum atomic E-state index is 8.73. The molecule has 0 saturated heterocycles. The summed E-state index contributed by atoms with van der Waals surface area (Å²) in [5, 5.41) is 8.73. The zero-order chi connectivity index (χ0) is 11.8. The Kier molecular flexibility index (Phi) is 5.60. The first-order valence-corrected chi connectivity index (χ1v) is 5.97. The molecule has 0 fully saturated rings. The molecule has 2 heteroatoms. The summed E-state index contributed by atoms with van der Waals surface area (Å²) in [6.07, 6.45) is 2.17. The van der Waals surface area contributed by atoms with Gasteiger partial charge in [0.05, 0.1) is 12.6 Å². The van der Waals surface area contributed by atoms with Gasteiger partial charge in [0, 0.05) is 6.54 Å². The molecule has 1 aromatic carbocycles. The van der Waals surface area contributed by atoms with Gasteiger partial charge in [-0.3, -0.25) is 4.90 Å². The summed E-state index contributed by atoms with van der Waals surface area (Å²) in [6, 6.07) is 10.9. The Hall–Kier alpha value is -1.33. The van der Waals surface area contributed by atoms with Crippen LogP contribution < -0.4 is 0 Å². The molecule has 86 valence electrons. The second-order valence-corrected chi connectivity index (χ2v) is 4.04. The van der Waals surface area contributed by atoms with Crippen molar-refractivity contribution in [3.8, 4) is 6.07 Å². The Morgan fingerprint density at radius 1 is 1.12 bits per heavy atom. The molecule has 0 radical (unpaired) electrons. The molecule has 16 heavy (non-hydrogen) atoms. The molecule has 0 bridgehead atoms. The maximum Gasteiger partial charge on any atom is 0.0868 e. The van der Waals surface area contributed by atoms with Crippen LogP contribution in [-0.2, 0) is 13.0 Å². The first-order chi connectivity index (χ1) is 7.80. The third-order valence-electron chi connectivity index (χ3n) is 2.67. The summed E-state index contributed by atoms with van der Waals surface area (Å²) in [7, 11) is 0. The molecule has 0 unspecified atom stereocenters. The van der Waals surface area contributed by atoms with Gasteiger partial charge in [0.1, 0.15) is 0 Å². The molecule has 0 aliphatic rings. The van der Waals surface area contributed by atoms with Gasteiger partial charge in [0.25, 0.3) is 0 Å². The van der Waals surface area contributed by atoms with Crippen LogP contribution in [0.25, 0.3) is 0 Å². The molecule has 0 aliphatic carbocycles. The highest BCUT2D eigenvalue weighted by Gasteiger charge is 2.03. The van der Waals surface area contributed by atoms with Crippen LogP contribution in [0.1, 0.15) is 31.4 Å². The van der Waals surface area contributed by atoms with Crippen molar-refractivity contribution in [1.82, 2.24) is 4.90 Å². The van der Waals surface area contributed by atoms with E-state index in [1.54, 1.807) is 0 Å². The molecular weight excluding hydrogens is 196 g/mol. The molecule has 0 aliphatic heterocycles. The zero-order valence-corrected chi connectivity index (χ0v) is 10.2. The smallest absolute Gasteiger partial charge is 0.0868 e. The Morgan fingerprint density at radius 2 is 1.75 bits per heavy atom. The van der Waals surface area contributed by atoms with E-state index in [4.69, 9.17) is 5.26 Å². The molecule has 0 aromatic heterocycles. The van der Waals surface area contributed by atoms with Crippen LogP contribution >= 0.6 is 0 Å². The lowest BCUT2D eigenvalue weighted by atomic mass is 10.1. The van der Waals surface area contributed by atoms with Crippen molar-refractivity contribution >= 4 is 0 Å². The van der Waals surface area contributed by atoms with E-state index >= 15 is 0 Å². The Balaban J connectivity index is 2.59. The average molecular weight is 216 g/mol. The van der Waals surface area contributed by atoms with Gasteiger partial charge in [-0.2, -0.15) is 5.26 Å². The Bertz CT molecular complexity index is 335. The highest BCUT2D eigenvalue weighted by atomic mass is 15.1. The molecule has 1 rings (SSSR count). The quantitative estimate of drug-likeness (QED) is 0.683. The maximum absolute atomic E-state index is 8.73. The fourth-order valence-corrected chi connectivity index (χ4v) is 1.77. The first-order valence-electron chi connectivity index (χ1n) is 5.97. The van der Waals surface area contributed by atoms with Crippen LogP contribution in [-0.4, -0.2) is 18.0 Å². The van der Waals surface area contributed by atoms with Crippen molar-refractivity contribution in [3.63, 3.8) is 0 Å². The normalized spacial score (nSPS) is 10.4. The predicted octanol–water partition coefficient (Wildman–Crippen LogP) is 2.98. The number of rotatable bonds is 6. The second kappa shape index (κ2) is 7.03. The van der Waals surface area contributed by atoms with Crippen molar-refractivity contribution < 1.29 is 0 Å². The lowest BCUT2D eigenvalue weighted by Gasteiger charge is -2.18. The molecule has 1 aromatic rings. The topological polar surface area (TPSA) is 27.0 Å². The lowest BCUT2D eigenvalue weighted by molar-refractivity contribution is 0.298. The molecular formula is C14H20N2. The standard InChI is InChI=1S/C14H20N2/c1-3-10-16(11-9-15)12-14-7-5-13(4-2)6-8-14/h5-8H,3-4,10-12H2,1-2H3. The van der Waals surface area contributed by atoms with Crippen LogP contribution in [0.15, 0.2) is 24.3 Å². The van der Waals surface area contributed by atoms with E-state index in [0.717, 1.165) is 25.9 Å². The van der Waals surface area contributed by atoms with E-state index in [1.165, 1.54) is 11.1 Å². The van der Waals surface area contributed by atoms with E-state index < -0.39 is 0 Å².